The number of fused-ring (bicyclic) bond motifs is 2. The van der Waals surface area contributed by atoms with Crippen LogP contribution in [0.4, 0.5) is 0 Å². The maximum Gasteiger partial charge on any atom is 0.215 e. The first-order chi connectivity index (χ1) is 12.5. The van der Waals surface area contributed by atoms with Crippen molar-refractivity contribution in [3.05, 3.63) is 52.0 Å². The highest BCUT2D eigenvalue weighted by Gasteiger charge is 2.18. The lowest BCUT2D eigenvalue weighted by atomic mass is 9.98. The van der Waals surface area contributed by atoms with Crippen LogP contribution in [0.1, 0.15) is 0 Å². The van der Waals surface area contributed by atoms with E-state index in [-0.39, 0.29) is 11.3 Å². The summed E-state index contributed by atoms with van der Waals surface area (Å²) in [6.07, 6.45) is 0. The molecule has 0 aliphatic carbocycles. The molecule has 6 heteroatoms. The van der Waals surface area contributed by atoms with Crippen LogP contribution in [-0.2, 0) is 6.54 Å². The van der Waals surface area contributed by atoms with E-state index in [4.69, 9.17) is 5.10 Å². The van der Waals surface area contributed by atoms with E-state index in [1.54, 1.807) is 17.8 Å². The largest absolute Gasteiger partial charge is 0.493 e. The molecule has 0 spiro atoms. The molecule has 6 nitrogen and oxygen atoms in total. The molecular weight excluding hydrogens is 328 g/mol. The van der Waals surface area contributed by atoms with Crippen molar-refractivity contribution in [2.24, 2.45) is 4.99 Å². The van der Waals surface area contributed by atoms with Gasteiger partial charge in [-0.05, 0) is 26.2 Å². The molecule has 132 valence electrons. The first-order valence-electron chi connectivity index (χ1n) is 8.51. The van der Waals surface area contributed by atoms with Gasteiger partial charge in [-0.25, -0.2) is 4.68 Å². The van der Waals surface area contributed by atoms with Gasteiger partial charge in [0.2, 0.25) is 5.88 Å². The lowest BCUT2D eigenvalue weighted by molar-refractivity contribution is 0.340. The van der Waals surface area contributed by atoms with Crippen molar-refractivity contribution in [1.29, 1.82) is 0 Å². The Hall–Kier alpha value is -2.99. The molecule has 26 heavy (non-hydrogen) atoms. The molecule has 0 unspecified atom stereocenters. The predicted molar refractivity (Wildman–Crippen MR) is 104 cm³/mol. The molecule has 0 aliphatic heterocycles. The highest BCUT2D eigenvalue weighted by Crippen LogP contribution is 2.32. The van der Waals surface area contributed by atoms with Gasteiger partial charge in [0.15, 0.2) is 5.43 Å². The first-order valence-corrected chi connectivity index (χ1v) is 8.51. The first kappa shape index (κ1) is 16.5. The van der Waals surface area contributed by atoms with Crippen LogP contribution in [0, 0.1) is 0 Å². The van der Waals surface area contributed by atoms with Crippen molar-refractivity contribution in [2.75, 3.05) is 27.7 Å². The van der Waals surface area contributed by atoms with E-state index in [9.17, 15) is 9.90 Å². The van der Waals surface area contributed by atoms with Gasteiger partial charge in [0.05, 0.1) is 17.3 Å². The number of hydrogen-bond donors (Lipinski definition) is 1. The summed E-state index contributed by atoms with van der Waals surface area (Å²) >= 11 is 0. The summed E-state index contributed by atoms with van der Waals surface area (Å²) in [5, 5.41) is 19.3. The Balaban J connectivity index is 2.25. The summed E-state index contributed by atoms with van der Waals surface area (Å²) in [7, 11) is 5.62. The summed E-state index contributed by atoms with van der Waals surface area (Å²) in [5.74, 6) is 0.0710. The maximum absolute atomic E-state index is 13.1. The minimum absolute atomic E-state index is 0.0710. The second-order valence-corrected chi connectivity index (χ2v) is 6.68. The molecule has 0 atom stereocenters. The van der Waals surface area contributed by atoms with E-state index in [0.29, 0.717) is 39.0 Å². The molecule has 0 aliphatic rings. The van der Waals surface area contributed by atoms with Gasteiger partial charge in [0.1, 0.15) is 5.52 Å². The van der Waals surface area contributed by atoms with E-state index in [1.807, 2.05) is 49.3 Å². The summed E-state index contributed by atoms with van der Waals surface area (Å²) in [6.45, 7) is 1.29. The fraction of sp³-hybridized carbons (Fsp3) is 0.250. The lowest BCUT2D eigenvalue weighted by Gasteiger charge is -2.16. The SMILES string of the molecule is CN=c1ccc2c(O)n(CCN(C)C)nc3c4ccccc4c(=O)c1c23. The summed E-state index contributed by atoms with van der Waals surface area (Å²) in [4.78, 5) is 19.4. The quantitative estimate of drug-likeness (QED) is 0.454. The second-order valence-electron chi connectivity index (χ2n) is 6.68. The van der Waals surface area contributed by atoms with Gasteiger partial charge in [-0.15, -0.1) is 0 Å². The number of benzene rings is 3. The minimum Gasteiger partial charge on any atom is -0.493 e. The zero-order valence-electron chi connectivity index (χ0n) is 15.0. The Bertz CT molecular complexity index is 1260. The Kier molecular flexibility index (Phi) is 3.85. The average Bonchev–Trinajstić information content (AvgIpc) is 2.65. The van der Waals surface area contributed by atoms with Crippen LogP contribution >= 0.6 is 0 Å². The molecule has 0 bridgehead atoms. The van der Waals surface area contributed by atoms with Gasteiger partial charge >= 0.3 is 0 Å². The highest BCUT2D eigenvalue weighted by molar-refractivity contribution is 6.20. The van der Waals surface area contributed by atoms with Crippen LogP contribution in [0.5, 0.6) is 5.88 Å². The van der Waals surface area contributed by atoms with Gasteiger partial charge in [-0.1, -0.05) is 24.3 Å². The van der Waals surface area contributed by atoms with Crippen molar-refractivity contribution in [3.8, 4) is 5.88 Å². The smallest absolute Gasteiger partial charge is 0.215 e. The van der Waals surface area contributed by atoms with Crippen molar-refractivity contribution in [3.63, 3.8) is 0 Å². The van der Waals surface area contributed by atoms with Crippen molar-refractivity contribution in [2.45, 2.75) is 6.54 Å². The topological polar surface area (TPSA) is 70.7 Å². The summed E-state index contributed by atoms with van der Waals surface area (Å²) < 4.78 is 1.61. The molecule has 4 aromatic rings. The fourth-order valence-electron chi connectivity index (χ4n) is 3.46. The van der Waals surface area contributed by atoms with E-state index >= 15 is 0 Å². The molecule has 0 fully saturated rings. The highest BCUT2D eigenvalue weighted by atomic mass is 16.3. The zero-order chi connectivity index (χ0) is 18.4. The van der Waals surface area contributed by atoms with Crippen LogP contribution in [0.15, 0.2) is 46.2 Å². The van der Waals surface area contributed by atoms with Gasteiger partial charge in [0.25, 0.3) is 0 Å². The van der Waals surface area contributed by atoms with Gasteiger partial charge in [-0.2, -0.15) is 5.10 Å². The van der Waals surface area contributed by atoms with Crippen molar-refractivity contribution >= 4 is 32.4 Å². The molecule has 4 rings (SSSR count). The van der Waals surface area contributed by atoms with Crippen LogP contribution in [0.3, 0.4) is 0 Å². The monoisotopic (exact) mass is 348 g/mol. The predicted octanol–water partition coefficient (Wildman–Crippen LogP) is 1.94. The molecule has 0 radical (unpaired) electrons. The molecule has 0 saturated heterocycles. The summed E-state index contributed by atoms with van der Waals surface area (Å²) in [6, 6.07) is 11.1. The molecule has 1 aromatic heterocycles. The van der Waals surface area contributed by atoms with Crippen LogP contribution in [-0.4, -0.2) is 47.5 Å². The van der Waals surface area contributed by atoms with E-state index < -0.39 is 0 Å². The number of nitrogens with zero attached hydrogens (tertiary/aromatic N) is 4. The van der Waals surface area contributed by atoms with Crippen LogP contribution in [0.25, 0.3) is 32.4 Å². The standard InChI is InChI=1S/C20H20N4O2/c1-21-15-9-8-14-16-17(15)19(25)13-7-5-4-6-12(13)18(16)22-24(20(14)26)11-10-23(2)3/h4-9,26H,10-11H2,1-3H3. The average molecular weight is 348 g/mol. The third-order valence-electron chi connectivity index (χ3n) is 4.78. The second kappa shape index (κ2) is 6.07. The molecule has 1 N–H and O–H groups in total. The Morgan fingerprint density at radius 3 is 2.50 bits per heavy atom. The number of hydrogen-bond acceptors (Lipinski definition) is 5. The fourth-order valence-corrected chi connectivity index (χ4v) is 3.46. The Labute approximate surface area is 150 Å². The third kappa shape index (κ3) is 2.34. The molecule has 0 saturated carbocycles. The summed E-state index contributed by atoms with van der Waals surface area (Å²) in [5.41, 5.74) is 0.638. The lowest BCUT2D eigenvalue weighted by Crippen LogP contribution is -2.21. The zero-order valence-corrected chi connectivity index (χ0v) is 15.0. The third-order valence-corrected chi connectivity index (χ3v) is 4.78. The molecular formula is C20H20N4O2. The molecule has 0 amide bonds. The van der Waals surface area contributed by atoms with E-state index in [2.05, 4.69) is 4.99 Å². The van der Waals surface area contributed by atoms with Crippen molar-refractivity contribution < 1.29 is 5.11 Å². The number of aromatic nitrogens is 2. The molecule has 3 aromatic carbocycles. The minimum atomic E-state index is -0.0773. The van der Waals surface area contributed by atoms with Crippen LogP contribution < -0.4 is 10.8 Å². The molecule has 1 heterocycles. The normalized spacial score (nSPS) is 12.8. The van der Waals surface area contributed by atoms with Crippen molar-refractivity contribution in [1.82, 2.24) is 14.7 Å². The number of rotatable bonds is 3. The Morgan fingerprint density at radius 1 is 1.08 bits per heavy atom. The Morgan fingerprint density at radius 2 is 1.81 bits per heavy atom. The van der Waals surface area contributed by atoms with Gasteiger partial charge < -0.3 is 10.0 Å². The maximum atomic E-state index is 13.1. The van der Waals surface area contributed by atoms with E-state index in [1.165, 1.54) is 0 Å². The number of aromatic hydroxyl groups is 1. The van der Waals surface area contributed by atoms with Gasteiger partial charge in [-0.3, -0.25) is 9.79 Å². The number of likely N-dealkylation sites (N-methyl/N-ethyl adjacent to an activating group) is 1. The van der Waals surface area contributed by atoms with E-state index in [0.717, 1.165) is 11.9 Å². The van der Waals surface area contributed by atoms with Gasteiger partial charge in [0, 0.05) is 35.1 Å². The van der Waals surface area contributed by atoms with Crippen LogP contribution in [0.2, 0.25) is 0 Å².